The molecule has 1 aliphatic rings. The van der Waals surface area contributed by atoms with Crippen LogP contribution in [0.2, 0.25) is 0 Å². The summed E-state index contributed by atoms with van der Waals surface area (Å²) in [6.07, 6.45) is 0. The number of benzene rings is 2. The first-order chi connectivity index (χ1) is 9.72. The van der Waals surface area contributed by atoms with Crippen LogP contribution in [-0.4, -0.2) is 18.3 Å². The predicted octanol–water partition coefficient (Wildman–Crippen LogP) is 4.22. The van der Waals surface area contributed by atoms with Crippen molar-refractivity contribution in [2.24, 2.45) is 0 Å². The summed E-state index contributed by atoms with van der Waals surface area (Å²) in [5, 5.41) is 9.27. The zero-order chi connectivity index (χ0) is 13.9. The van der Waals surface area contributed by atoms with Crippen molar-refractivity contribution in [3.63, 3.8) is 0 Å². The van der Waals surface area contributed by atoms with Gasteiger partial charge in [-0.3, -0.25) is 0 Å². The molecule has 3 nitrogen and oxygen atoms in total. The van der Waals surface area contributed by atoms with E-state index in [4.69, 9.17) is 9.47 Å². The normalized spacial score (nSPS) is 13.2. The van der Waals surface area contributed by atoms with Gasteiger partial charge in [-0.05, 0) is 42.0 Å². The monoisotopic (exact) mass is 352 g/mol. The molecule has 5 heteroatoms. The number of phenolic OH excluding ortho intramolecular Hbond substituents is 1. The Morgan fingerprint density at radius 3 is 2.40 bits per heavy atom. The lowest BCUT2D eigenvalue weighted by Gasteiger charge is -2.19. The van der Waals surface area contributed by atoms with Crippen LogP contribution in [0.5, 0.6) is 17.2 Å². The topological polar surface area (TPSA) is 38.7 Å². The maximum Gasteiger partial charge on any atom is 0.162 e. The summed E-state index contributed by atoms with van der Waals surface area (Å²) < 4.78 is 12.2. The van der Waals surface area contributed by atoms with Crippen LogP contribution in [0.1, 0.15) is 5.56 Å². The second kappa shape index (κ2) is 5.97. The van der Waals surface area contributed by atoms with E-state index in [9.17, 15) is 5.11 Å². The number of phenols is 1. The van der Waals surface area contributed by atoms with Gasteiger partial charge in [-0.1, -0.05) is 15.9 Å². The number of hydrogen-bond donors (Lipinski definition) is 1. The third-order valence-electron chi connectivity index (χ3n) is 2.94. The molecule has 1 aliphatic heterocycles. The van der Waals surface area contributed by atoms with Crippen LogP contribution in [-0.2, 0) is 5.75 Å². The van der Waals surface area contributed by atoms with Crippen molar-refractivity contribution in [3.05, 3.63) is 46.4 Å². The van der Waals surface area contributed by atoms with Gasteiger partial charge in [-0.15, -0.1) is 11.8 Å². The average molecular weight is 353 g/mol. The van der Waals surface area contributed by atoms with Gasteiger partial charge >= 0.3 is 0 Å². The van der Waals surface area contributed by atoms with Gasteiger partial charge in [0.05, 0.1) is 0 Å². The van der Waals surface area contributed by atoms with Gasteiger partial charge in [0.1, 0.15) is 19.0 Å². The van der Waals surface area contributed by atoms with Gasteiger partial charge in [-0.2, -0.15) is 0 Å². The van der Waals surface area contributed by atoms with E-state index < -0.39 is 0 Å². The molecular formula is C15H13BrO3S. The zero-order valence-electron chi connectivity index (χ0n) is 10.6. The SMILES string of the molecule is Oc1ccc(SCc2cc3c(cc2Br)OCCO3)cc1. The molecule has 2 aromatic carbocycles. The fraction of sp³-hybridized carbons (Fsp3) is 0.200. The minimum atomic E-state index is 0.287. The van der Waals surface area contributed by atoms with Crippen molar-refractivity contribution in [2.75, 3.05) is 13.2 Å². The van der Waals surface area contributed by atoms with Crippen molar-refractivity contribution in [3.8, 4) is 17.2 Å². The molecule has 2 aromatic rings. The Morgan fingerprint density at radius 1 is 1.05 bits per heavy atom. The van der Waals surface area contributed by atoms with Crippen molar-refractivity contribution < 1.29 is 14.6 Å². The highest BCUT2D eigenvalue weighted by atomic mass is 79.9. The Kier molecular flexibility index (Phi) is 4.08. The van der Waals surface area contributed by atoms with Gasteiger partial charge in [0.25, 0.3) is 0 Å². The highest BCUT2D eigenvalue weighted by Gasteiger charge is 2.14. The van der Waals surface area contributed by atoms with Gasteiger partial charge in [0.2, 0.25) is 0 Å². The lowest BCUT2D eigenvalue weighted by molar-refractivity contribution is 0.171. The van der Waals surface area contributed by atoms with Gasteiger partial charge < -0.3 is 14.6 Å². The third-order valence-corrected chi connectivity index (χ3v) is 4.74. The first-order valence-electron chi connectivity index (χ1n) is 6.22. The van der Waals surface area contributed by atoms with Crippen LogP contribution >= 0.6 is 27.7 Å². The summed E-state index contributed by atoms with van der Waals surface area (Å²) in [4.78, 5) is 1.12. The summed E-state index contributed by atoms with van der Waals surface area (Å²) in [5.41, 5.74) is 1.16. The maximum atomic E-state index is 9.27. The second-order valence-electron chi connectivity index (χ2n) is 4.37. The molecule has 0 fully saturated rings. The molecule has 0 saturated heterocycles. The van der Waals surface area contributed by atoms with Crippen LogP contribution in [0.4, 0.5) is 0 Å². The average Bonchev–Trinajstić information content (AvgIpc) is 2.47. The molecule has 3 rings (SSSR count). The fourth-order valence-corrected chi connectivity index (χ4v) is 3.46. The lowest BCUT2D eigenvalue weighted by Crippen LogP contribution is -2.15. The summed E-state index contributed by atoms with van der Waals surface area (Å²) in [6.45, 7) is 1.19. The van der Waals surface area contributed by atoms with Crippen LogP contribution in [0, 0.1) is 0 Å². The van der Waals surface area contributed by atoms with E-state index >= 15 is 0 Å². The Balaban J connectivity index is 1.75. The van der Waals surface area contributed by atoms with E-state index in [1.807, 2.05) is 24.3 Å². The van der Waals surface area contributed by atoms with Gasteiger partial charge in [0.15, 0.2) is 11.5 Å². The smallest absolute Gasteiger partial charge is 0.162 e. The standard InChI is InChI=1S/C15H13BrO3S/c16-13-8-15-14(18-5-6-19-15)7-10(13)9-20-12-3-1-11(17)2-4-12/h1-4,7-8,17H,5-6,9H2. The van der Waals surface area contributed by atoms with E-state index in [1.165, 1.54) is 0 Å². The molecule has 0 bridgehead atoms. The molecule has 0 unspecified atom stereocenters. The molecule has 1 N–H and O–H groups in total. The van der Waals surface area contributed by atoms with Crippen LogP contribution < -0.4 is 9.47 Å². The van der Waals surface area contributed by atoms with E-state index in [1.54, 1.807) is 23.9 Å². The van der Waals surface area contributed by atoms with Crippen molar-refractivity contribution in [1.29, 1.82) is 0 Å². The lowest BCUT2D eigenvalue weighted by atomic mass is 10.2. The van der Waals surface area contributed by atoms with Crippen molar-refractivity contribution in [1.82, 2.24) is 0 Å². The Hall–Kier alpha value is -1.33. The van der Waals surface area contributed by atoms with Gasteiger partial charge in [0, 0.05) is 15.1 Å². The number of fused-ring (bicyclic) bond motifs is 1. The number of rotatable bonds is 3. The molecule has 0 amide bonds. The Bertz CT molecular complexity index is 613. The largest absolute Gasteiger partial charge is 0.508 e. The molecule has 0 atom stereocenters. The van der Waals surface area contributed by atoms with Crippen molar-refractivity contribution in [2.45, 2.75) is 10.6 Å². The van der Waals surface area contributed by atoms with Gasteiger partial charge in [-0.25, -0.2) is 0 Å². The summed E-state index contributed by atoms with van der Waals surface area (Å²) >= 11 is 5.28. The molecule has 1 heterocycles. The maximum absolute atomic E-state index is 9.27. The summed E-state index contributed by atoms with van der Waals surface area (Å²) in [5.74, 6) is 2.71. The van der Waals surface area contributed by atoms with Crippen LogP contribution in [0.25, 0.3) is 0 Å². The number of thioether (sulfide) groups is 1. The van der Waals surface area contributed by atoms with E-state index in [0.717, 1.165) is 32.2 Å². The Labute approximate surface area is 130 Å². The molecule has 0 radical (unpaired) electrons. The molecule has 0 spiro atoms. The molecule has 0 saturated carbocycles. The summed E-state index contributed by atoms with van der Waals surface area (Å²) in [6, 6.07) is 11.2. The molecule has 0 aromatic heterocycles. The highest BCUT2D eigenvalue weighted by molar-refractivity contribution is 9.10. The second-order valence-corrected chi connectivity index (χ2v) is 6.27. The minimum absolute atomic E-state index is 0.287. The van der Waals surface area contributed by atoms with E-state index in [0.29, 0.717) is 13.2 Å². The number of ether oxygens (including phenoxy) is 2. The highest BCUT2D eigenvalue weighted by Crippen LogP contribution is 2.37. The molecule has 0 aliphatic carbocycles. The van der Waals surface area contributed by atoms with E-state index in [-0.39, 0.29) is 5.75 Å². The predicted molar refractivity (Wildman–Crippen MR) is 82.8 cm³/mol. The number of hydrogen-bond acceptors (Lipinski definition) is 4. The quantitative estimate of drug-likeness (QED) is 0.839. The molecule has 20 heavy (non-hydrogen) atoms. The van der Waals surface area contributed by atoms with E-state index in [2.05, 4.69) is 15.9 Å². The number of aromatic hydroxyl groups is 1. The third kappa shape index (κ3) is 3.04. The Morgan fingerprint density at radius 2 is 1.70 bits per heavy atom. The van der Waals surface area contributed by atoms with Crippen LogP contribution in [0.15, 0.2) is 45.8 Å². The molecular weight excluding hydrogens is 340 g/mol. The first kappa shape index (κ1) is 13.6. The fourth-order valence-electron chi connectivity index (χ4n) is 1.92. The first-order valence-corrected chi connectivity index (χ1v) is 8.00. The zero-order valence-corrected chi connectivity index (χ0v) is 13.0. The minimum Gasteiger partial charge on any atom is -0.508 e. The number of halogens is 1. The molecule has 104 valence electrons. The van der Waals surface area contributed by atoms with Crippen molar-refractivity contribution >= 4 is 27.7 Å². The van der Waals surface area contributed by atoms with Crippen LogP contribution in [0.3, 0.4) is 0 Å². The summed E-state index contributed by atoms with van der Waals surface area (Å²) in [7, 11) is 0.